The molecule has 4 heterocycles. The third-order valence-electron chi connectivity index (χ3n) is 7.79. The SMILES string of the molecule is CC1(C)CCCN1c1nc(-n2ccc(OCCC3(C(F)(F)F)CC3)n2)ccc1C(=O)NS(=O)(=O)c1ccn(CCO)n1. The van der Waals surface area contributed by atoms with Gasteiger partial charge in [-0.15, -0.1) is 5.10 Å². The van der Waals surface area contributed by atoms with Crippen LogP contribution in [0.4, 0.5) is 19.0 Å². The summed E-state index contributed by atoms with van der Waals surface area (Å²) in [6.07, 6.45) is 0.369. The van der Waals surface area contributed by atoms with Gasteiger partial charge in [0, 0.05) is 30.5 Å². The molecule has 0 bridgehead atoms. The lowest BCUT2D eigenvalue weighted by atomic mass is 10.0. The van der Waals surface area contributed by atoms with Gasteiger partial charge in [0.05, 0.1) is 30.7 Å². The molecule has 1 aliphatic heterocycles. The third kappa shape index (κ3) is 5.95. The number of halogens is 3. The number of aromatic nitrogens is 5. The van der Waals surface area contributed by atoms with Crippen LogP contribution in [0, 0.1) is 5.41 Å². The fourth-order valence-corrected chi connectivity index (χ4v) is 5.99. The van der Waals surface area contributed by atoms with E-state index in [2.05, 4.69) is 19.9 Å². The van der Waals surface area contributed by atoms with Crippen LogP contribution >= 0.6 is 0 Å². The molecule has 5 rings (SSSR count). The molecule has 1 saturated heterocycles. The number of rotatable bonds is 11. The Kier molecular flexibility index (Phi) is 7.72. The highest BCUT2D eigenvalue weighted by molar-refractivity contribution is 7.90. The predicted octanol–water partition coefficient (Wildman–Crippen LogP) is 3.07. The van der Waals surface area contributed by atoms with Gasteiger partial charge in [0.2, 0.25) is 5.88 Å². The molecule has 0 unspecified atom stereocenters. The van der Waals surface area contributed by atoms with Crippen LogP contribution in [0.3, 0.4) is 0 Å². The zero-order valence-electron chi connectivity index (χ0n) is 23.1. The number of sulfonamides is 1. The van der Waals surface area contributed by atoms with Crippen molar-refractivity contribution in [2.24, 2.45) is 5.41 Å². The van der Waals surface area contributed by atoms with Gasteiger partial charge in [0.15, 0.2) is 10.8 Å². The predicted molar refractivity (Wildman–Crippen MR) is 144 cm³/mol. The zero-order valence-corrected chi connectivity index (χ0v) is 24.0. The summed E-state index contributed by atoms with van der Waals surface area (Å²) < 4.78 is 75.6. The van der Waals surface area contributed by atoms with Gasteiger partial charge in [-0.3, -0.25) is 9.48 Å². The summed E-state index contributed by atoms with van der Waals surface area (Å²) in [5, 5.41) is 16.9. The number of carbonyl (C=O) groups excluding carboxylic acids is 1. The second-order valence-electron chi connectivity index (χ2n) is 11.2. The second kappa shape index (κ2) is 10.9. The van der Waals surface area contributed by atoms with Gasteiger partial charge < -0.3 is 14.7 Å². The molecule has 42 heavy (non-hydrogen) atoms. The first-order valence-electron chi connectivity index (χ1n) is 13.5. The fraction of sp³-hybridized carbons (Fsp3) is 0.538. The van der Waals surface area contributed by atoms with Crippen molar-refractivity contribution in [2.75, 3.05) is 24.7 Å². The van der Waals surface area contributed by atoms with Crippen LogP contribution < -0.4 is 14.4 Å². The first-order valence-corrected chi connectivity index (χ1v) is 15.0. The van der Waals surface area contributed by atoms with Gasteiger partial charge in [-0.1, -0.05) is 0 Å². The Hall–Kier alpha value is -3.66. The molecule has 0 spiro atoms. The highest BCUT2D eigenvalue weighted by Gasteiger charge is 2.62. The molecule has 2 aliphatic rings. The van der Waals surface area contributed by atoms with E-state index < -0.39 is 27.5 Å². The molecule has 0 atom stereocenters. The molecular weight excluding hydrogens is 579 g/mol. The first-order chi connectivity index (χ1) is 19.7. The van der Waals surface area contributed by atoms with Gasteiger partial charge >= 0.3 is 6.18 Å². The number of pyridine rings is 1. The molecule has 2 N–H and O–H groups in total. The Balaban J connectivity index is 1.37. The Morgan fingerprint density at radius 1 is 1.12 bits per heavy atom. The third-order valence-corrected chi connectivity index (χ3v) is 9.02. The van der Waals surface area contributed by atoms with Crippen molar-refractivity contribution < 1.29 is 36.2 Å². The van der Waals surface area contributed by atoms with Crippen LogP contribution in [0.25, 0.3) is 5.82 Å². The molecule has 0 radical (unpaired) electrons. The number of ether oxygens (including phenoxy) is 1. The van der Waals surface area contributed by atoms with Crippen molar-refractivity contribution in [3.05, 3.63) is 42.2 Å². The van der Waals surface area contributed by atoms with Crippen LogP contribution in [0.1, 0.15) is 56.3 Å². The summed E-state index contributed by atoms with van der Waals surface area (Å²) in [7, 11) is -4.32. The van der Waals surface area contributed by atoms with E-state index in [4.69, 9.17) is 9.84 Å². The topological polar surface area (TPSA) is 144 Å². The van der Waals surface area contributed by atoms with Crippen molar-refractivity contribution >= 4 is 21.7 Å². The summed E-state index contributed by atoms with van der Waals surface area (Å²) in [5.41, 5.74) is -2.02. The van der Waals surface area contributed by atoms with Crippen molar-refractivity contribution in [1.82, 2.24) is 29.3 Å². The monoisotopic (exact) mass is 611 g/mol. The maximum atomic E-state index is 13.3. The minimum Gasteiger partial charge on any atom is -0.477 e. The number of aliphatic hydroxyl groups excluding tert-OH is 1. The number of anilines is 1. The Morgan fingerprint density at radius 3 is 2.52 bits per heavy atom. The van der Waals surface area contributed by atoms with Gasteiger partial charge in [-0.25, -0.2) is 14.4 Å². The summed E-state index contributed by atoms with van der Waals surface area (Å²) in [4.78, 5) is 19.9. The average molecular weight is 612 g/mol. The van der Waals surface area contributed by atoms with E-state index in [0.717, 1.165) is 12.8 Å². The molecule has 1 saturated carbocycles. The molecule has 1 amide bonds. The zero-order chi connectivity index (χ0) is 30.3. The summed E-state index contributed by atoms with van der Waals surface area (Å²) in [6, 6.07) is 5.67. The lowest BCUT2D eigenvalue weighted by Crippen LogP contribution is -2.41. The molecule has 2 fully saturated rings. The molecule has 3 aromatic heterocycles. The number of carbonyl (C=O) groups is 1. The van der Waals surface area contributed by atoms with Crippen LogP contribution in [0.2, 0.25) is 0 Å². The quantitative estimate of drug-likeness (QED) is 0.334. The van der Waals surface area contributed by atoms with E-state index >= 15 is 0 Å². The largest absolute Gasteiger partial charge is 0.477 e. The van der Waals surface area contributed by atoms with E-state index in [1.807, 2.05) is 18.7 Å². The number of hydrogen-bond acceptors (Lipinski definition) is 9. The number of nitrogens with zero attached hydrogens (tertiary/aromatic N) is 6. The smallest absolute Gasteiger partial charge is 0.394 e. The minimum absolute atomic E-state index is 0.0256. The number of aliphatic hydroxyl groups is 1. The molecule has 16 heteroatoms. The number of nitrogens with one attached hydrogen (secondary N) is 1. The van der Waals surface area contributed by atoms with E-state index in [9.17, 15) is 26.4 Å². The van der Waals surface area contributed by atoms with Gasteiger partial charge in [-0.05, 0) is 64.2 Å². The second-order valence-corrected chi connectivity index (χ2v) is 12.8. The van der Waals surface area contributed by atoms with E-state index in [-0.39, 0.29) is 66.8 Å². The fourth-order valence-electron chi connectivity index (χ4n) is 5.08. The maximum Gasteiger partial charge on any atom is 0.394 e. The number of alkyl halides is 3. The first kappa shape index (κ1) is 29.8. The van der Waals surface area contributed by atoms with Gasteiger partial charge in [-0.2, -0.15) is 26.7 Å². The van der Waals surface area contributed by atoms with Crippen molar-refractivity contribution in [3.63, 3.8) is 0 Å². The summed E-state index contributed by atoms with van der Waals surface area (Å²) >= 11 is 0. The van der Waals surface area contributed by atoms with Crippen LogP contribution in [0.15, 0.2) is 41.7 Å². The van der Waals surface area contributed by atoms with Crippen LogP contribution in [-0.4, -0.2) is 75.5 Å². The van der Waals surface area contributed by atoms with E-state index in [1.165, 1.54) is 39.8 Å². The maximum absolute atomic E-state index is 13.3. The summed E-state index contributed by atoms with van der Waals surface area (Å²) in [6.45, 7) is 4.29. The van der Waals surface area contributed by atoms with Crippen molar-refractivity contribution in [2.45, 2.75) is 69.2 Å². The standard InChI is InChI=1S/C26H32F3N7O5S/c1-24(2)8-3-12-35(24)22-18(23(38)33-42(39,40)21-7-13-34(32-21)15-16-37)4-5-19(30-22)36-14-6-20(31-36)41-17-11-25(9-10-25)26(27,28)29/h4-7,13-14,37H,3,8-12,15-17H2,1-2H3,(H,33,38). The van der Waals surface area contributed by atoms with Crippen LogP contribution in [-0.2, 0) is 16.6 Å². The molecular formula is C26H32F3N7O5S. The van der Waals surface area contributed by atoms with Crippen molar-refractivity contribution in [3.8, 4) is 11.7 Å². The number of hydrogen-bond donors (Lipinski definition) is 2. The molecule has 1 aliphatic carbocycles. The molecule has 0 aromatic carbocycles. The molecule has 12 nitrogen and oxygen atoms in total. The summed E-state index contributed by atoms with van der Waals surface area (Å²) in [5.74, 6) is -0.205. The van der Waals surface area contributed by atoms with Crippen LogP contribution in [0.5, 0.6) is 5.88 Å². The lowest BCUT2D eigenvalue weighted by Gasteiger charge is -2.34. The average Bonchev–Trinajstić information content (AvgIpc) is 3.22. The normalized spacial score (nSPS) is 17.8. The highest BCUT2D eigenvalue weighted by atomic mass is 32.2. The Bertz CT molecular complexity index is 1560. The highest BCUT2D eigenvalue weighted by Crippen LogP contribution is 2.59. The molecule has 228 valence electrons. The Labute approximate surface area is 240 Å². The van der Waals surface area contributed by atoms with E-state index in [0.29, 0.717) is 12.4 Å². The lowest BCUT2D eigenvalue weighted by molar-refractivity contribution is -0.190. The minimum atomic E-state index is -4.32. The van der Waals surface area contributed by atoms with Gasteiger partial charge in [0.25, 0.3) is 15.9 Å². The Morgan fingerprint density at radius 2 is 1.88 bits per heavy atom. The van der Waals surface area contributed by atoms with E-state index in [1.54, 1.807) is 6.20 Å². The molecule has 3 aromatic rings. The van der Waals surface area contributed by atoms with Crippen molar-refractivity contribution in [1.29, 1.82) is 0 Å². The number of amides is 1. The van der Waals surface area contributed by atoms with Gasteiger partial charge in [0.1, 0.15) is 5.82 Å².